The lowest BCUT2D eigenvalue weighted by Gasteiger charge is -2.16. The lowest BCUT2D eigenvalue weighted by Crippen LogP contribution is -2.04. The summed E-state index contributed by atoms with van der Waals surface area (Å²) in [5.74, 6) is 1.60. The largest absolute Gasteiger partial charge is 0.496 e. The summed E-state index contributed by atoms with van der Waals surface area (Å²) in [7, 11) is 4.92. The van der Waals surface area contributed by atoms with Gasteiger partial charge in [0.05, 0.1) is 20.8 Å². The van der Waals surface area contributed by atoms with Crippen LogP contribution >= 0.6 is 0 Å². The van der Waals surface area contributed by atoms with Crippen molar-refractivity contribution in [2.45, 2.75) is 19.4 Å². The van der Waals surface area contributed by atoms with E-state index in [1.165, 1.54) is 0 Å². The fraction of sp³-hybridized carbons (Fsp3) is 0.538. The predicted octanol–water partition coefficient (Wildman–Crippen LogP) is 1.78. The van der Waals surface area contributed by atoms with Crippen LogP contribution in [0.2, 0.25) is 0 Å². The second-order valence-corrected chi connectivity index (χ2v) is 3.69. The molecule has 0 bridgehead atoms. The first kappa shape index (κ1) is 13.8. The van der Waals surface area contributed by atoms with Gasteiger partial charge in [0.25, 0.3) is 0 Å². The third kappa shape index (κ3) is 3.35. The van der Waals surface area contributed by atoms with Gasteiger partial charge in [0.1, 0.15) is 11.5 Å². The van der Waals surface area contributed by atoms with Crippen LogP contribution in [-0.4, -0.2) is 33.0 Å². The van der Waals surface area contributed by atoms with E-state index in [1.54, 1.807) is 21.3 Å². The Kier molecular flexibility index (Phi) is 5.80. The summed E-state index contributed by atoms with van der Waals surface area (Å²) in [6.07, 6.45) is 1.44. The maximum atomic E-state index is 8.94. The Hall–Kier alpha value is -1.26. The third-order valence-electron chi connectivity index (χ3n) is 2.66. The lowest BCUT2D eigenvalue weighted by atomic mass is 10.0. The maximum Gasteiger partial charge on any atom is 0.124 e. The molecule has 0 spiro atoms. The molecule has 0 atom stereocenters. The zero-order valence-electron chi connectivity index (χ0n) is 10.7. The van der Waals surface area contributed by atoms with E-state index in [0.717, 1.165) is 29.0 Å². The highest BCUT2D eigenvalue weighted by molar-refractivity contribution is 5.48. The van der Waals surface area contributed by atoms with Gasteiger partial charge in [-0.1, -0.05) is 0 Å². The van der Waals surface area contributed by atoms with E-state index in [-0.39, 0.29) is 6.61 Å². The topological polar surface area (TPSA) is 47.9 Å². The first-order valence-electron chi connectivity index (χ1n) is 5.61. The summed E-state index contributed by atoms with van der Waals surface area (Å²) in [6, 6.07) is 3.75. The Bertz CT molecular complexity index is 350. The molecule has 1 aromatic carbocycles. The molecule has 0 aliphatic heterocycles. The summed E-state index contributed by atoms with van der Waals surface area (Å²) in [4.78, 5) is 0. The molecular weight excluding hydrogens is 220 g/mol. The number of aliphatic hydroxyl groups is 1. The smallest absolute Gasteiger partial charge is 0.124 e. The highest BCUT2D eigenvalue weighted by Crippen LogP contribution is 2.31. The van der Waals surface area contributed by atoms with Crippen molar-refractivity contribution in [3.05, 3.63) is 23.3 Å². The van der Waals surface area contributed by atoms with Crippen LogP contribution < -0.4 is 9.47 Å². The van der Waals surface area contributed by atoms with Crippen LogP contribution in [0.5, 0.6) is 11.5 Å². The van der Waals surface area contributed by atoms with Gasteiger partial charge in [-0.15, -0.1) is 0 Å². The molecule has 0 aliphatic rings. The quantitative estimate of drug-likeness (QED) is 0.789. The van der Waals surface area contributed by atoms with Gasteiger partial charge in [0.2, 0.25) is 0 Å². The standard InChI is InChI=1S/C13H20O4/c1-15-9-11-10(5-4-8-14)12(16-2)6-7-13(11)17-3/h6-7,14H,4-5,8-9H2,1-3H3. The van der Waals surface area contributed by atoms with Crippen molar-refractivity contribution >= 4 is 0 Å². The molecule has 0 aromatic heterocycles. The predicted molar refractivity (Wildman–Crippen MR) is 65.7 cm³/mol. The van der Waals surface area contributed by atoms with Crippen LogP contribution in [0.4, 0.5) is 0 Å². The van der Waals surface area contributed by atoms with Crippen LogP contribution in [0.25, 0.3) is 0 Å². The number of benzene rings is 1. The first-order chi connectivity index (χ1) is 8.28. The van der Waals surface area contributed by atoms with Crippen molar-refractivity contribution in [3.63, 3.8) is 0 Å². The molecule has 0 radical (unpaired) electrons. The van der Waals surface area contributed by atoms with Crippen LogP contribution in [0.3, 0.4) is 0 Å². The molecule has 1 N–H and O–H groups in total. The van der Waals surface area contributed by atoms with E-state index in [0.29, 0.717) is 13.0 Å². The minimum atomic E-state index is 0.160. The van der Waals surface area contributed by atoms with E-state index in [4.69, 9.17) is 19.3 Å². The summed E-state index contributed by atoms with van der Waals surface area (Å²) < 4.78 is 15.8. The number of ether oxygens (including phenoxy) is 3. The van der Waals surface area contributed by atoms with Gasteiger partial charge in [0.15, 0.2) is 0 Å². The average Bonchev–Trinajstić information content (AvgIpc) is 2.37. The zero-order chi connectivity index (χ0) is 12.7. The minimum Gasteiger partial charge on any atom is -0.496 e. The molecule has 1 rings (SSSR count). The highest BCUT2D eigenvalue weighted by Gasteiger charge is 2.14. The molecular formula is C13H20O4. The van der Waals surface area contributed by atoms with E-state index in [1.807, 2.05) is 12.1 Å². The fourth-order valence-electron chi connectivity index (χ4n) is 1.86. The molecule has 4 heteroatoms. The molecule has 0 heterocycles. The summed E-state index contributed by atoms with van der Waals surface area (Å²) in [6.45, 7) is 0.633. The van der Waals surface area contributed by atoms with Crippen molar-refractivity contribution in [1.82, 2.24) is 0 Å². The van der Waals surface area contributed by atoms with Crippen LogP contribution in [0, 0.1) is 0 Å². The normalized spacial score (nSPS) is 10.4. The molecule has 0 saturated carbocycles. The lowest BCUT2D eigenvalue weighted by molar-refractivity contribution is 0.180. The van der Waals surface area contributed by atoms with Crippen molar-refractivity contribution in [3.8, 4) is 11.5 Å². The minimum absolute atomic E-state index is 0.160. The first-order valence-corrected chi connectivity index (χ1v) is 5.61. The van der Waals surface area contributed by atoms with E-state index in [9.17, 15) is 0 Å². The summed E-state index contributed by atoms with van der Waals surface area (Å²) >= 11 is 0. The monoisotopic (exact) mass is 240 g/mol. The van der Waals surface area contributed by atoms with Gasteiger partial charge < -0.3 is 19.3 Å². The number of hydrogen-bond acceptors (Lipinski definition) is 4. The SMILES string of the molecule is COCc1c(OC)ccc(OC)c1CCCO. The van der Waals surface area contributed by atoms with Gasteiger partial charge in [-0.3, -0.25) is 0 Å². The molecule has 0 aliphatic carbocycles. The van der Waals surface area contributed by atoms with Crippen molar-refractivity contribution < 1.29 is 19.3 Å². The Morgan fingerprint density at radius 2 is 1.59 bits per heavy atom. The fourth-order valence-corrected chi connectivity index (χ4v) is 1.86. The number of hydrogen-bond donors (Lipinski definition) is 1. The number of rotatable bonds is 7. The molecule has 0 unspecified atom stereocenters. The molecule has 0 fully saturated rings. The van der Waals surface area contributed by atoms with E-state index in [2.05, 4.69) is 0 Å². The van der Waals surface area contributed by atoms with Gasteiger partial charge in [0, 0.05) is 24.8 Å². The zero-order valence-corrected chi connectivity index (χ0v) is 10.7. The van der Waals surface area contributed by atoms with Crippen molar-refractivity contribution in [2.75, 3.05) is 27.9 Å². The summed E-state index contributed by atoms with van der Waals surface area (Å²) in [5, 5.41) is 8.94. The molecule has 0 amide bonds. The average molecular weight is 240 g/mol. The molecule has 96 valence electrons. The molecule has 1 aromatic rings. The Morgan fingerprint density at radius 3 is 2.06 bits per heavy atom. The van der Waals surface area contributed by atoms with Gasteiger partial charge in [-0.2, -0.15) is 0 Å². The second kappa shape index (κ2) is 7.14. The van der Waals surface area contributed by atoms with E-state index >= 15 is 0 Å². The Balaban J connectivity index is 3.15. The molecule has 17 heavy (non-hydrogen) atoms. The van der Waals surface area contributed by atoms with Crippen molar-refractivity contribution in [2.24, 2.45) is 0 Å². The van der Waals surface area contributed by atoms with Gasteiger partial charge in [-0.05, 0) is 25.0 Å². The van der Waals surface area contributed by atoms with Gasteiger partial charge in [-0.25, -0.2) is 0 Å². The van der Waals surface area contributed by atoms with Crippen LogP contribution in [0.1, 0.15) is 17.5 Å². The molecule has 4 nitrogen and oxygen atoms in total. The molecule has 0 saturated heterocycles. The highest BCUT2D eigenvalue weighted by atomic mass is 16.5. The Morgan fingerprint density at radius 1 is 1.00 bits per heavy atom. The Labute approximate surface area is 102 Å². The second-order valence-electron chi connectivity index (χ2n) is 3.69. The maximum absolute atomic E-state index is 8.94. The van der Waals surface area contributed by atoms with Crippen molar-refractivity contribution in [1.29, 1.82) is 0 Å². The third-order valence-corrected chi connectivity index (χ3v) is 2.66. The van der Waals surface area contributed by atoms with Gasteiger partial charge >= 0.3 is 0 Å². The summed E-state index contributed by atoms with van der Waals surface area (Å²) in [5.41, 5.74) is 2.03. The van der Waals surface area contributed by atoms with E-state index < -0.39 is 0 Å². The van der Waals surface area contributed by atoms with Crippen LogP contribution in [-0.2, 0) is 17.8 Å². The number of aliphatic hydroxyl groups excluding tert-OH is 1. The van der Waals surface area contributed by atoms with Crippen LogP contribution in [0.15, 0.2) is 12.1 Å². The number of methoxy groups -OCH3 is 3.